The van der Waals surface area contributed by atoms with E-state index in [1.54, 1.807) is 0 Å². The number of likely N-dealkylation sites (tertiary alicyclic amines) is 1. The maximum Gasteiger partial charge on any atom is 0.307 e. The Labute approximate surface area is 172 Å². The summed E-state index contributed by atoms with van der Waals surface area (Å²) < 4.78 is 43.2. The lowest BCUT2D eigenvalue weighted by molar-refractivity contribution is -0.385. The van der Waals surface area contributed by atoms with Gasteiger partial charge in [0.15, 0.2) is 11.5 Å². The molecule has 9 nitrogen and oxygen atoms in total. The zero-order valence-corrected chi connectivity index (χ0v) is 17.0. The number of alkyl halides is 2. The van der Waals surface area contributed by atoms with E-state index in [2.05, 4.69) is 4.74 Å². The third-order valence-corrected chi connectivity index (χ3v) is 4.73. The van der Waals surface area contributed by atoms with Crippen molar-refractivity contribution in [3.63, 3.8) is 0 Å². The number of nitro groups is 1. The highest BCUT2D eigenvalue weighted by Crippen LogP contribution is 2.39. The highest BCUT2D eigenvalue weighted by Gasteiger charge is 2.48. The number of hydrogen-bond donors (Lipinski definition) is 0. The average Bonchev–Trinajstić information content (AvgIpc) is 3.00. The second kappa shape index (κ2) is 9.68. The van der Waals surface area contributed by atoms with Crippen molar-refractivity contribution < 1.29 is 37.5 Å². The number of hydrogen-bond acceptors (Lipinski definition) is 7. The number of carbonyl (C=O) groups excluding carboxylic acids is 2. The number of methoxy groups -OCH3 is 2. The second-order valence-corrected chi connectivity index (χ2v) is 6.91. The fraction of sp³-hybridized carbons (Fsp3) is 0.579. The zero-order chi connectivity index (χ0) is 22.5. The molecule has 1 saturated heterocycles. The van der Waals surface area contributed by atoms with Gasteiger partial charge in [-0.15, -0.1) is 0 Å². The minimum absolute atomic E-state index is 0.0653. The molecule has 1 amide bonds. The van der Waals surface area contributed by atoms with Crippen LogP contribution in [-0.2, 0) is 9.53 Å². The molecule has 0 aromatic heterocycles. The Morgan fingerprint density at radius 1 is 1.30 bits per heavy atom. The fourth-order valence-electron chi connectivity index (χ4n) is 3.22. The number of amides is 1. The number of halogens is 2. The summed E-state index contributed by atoms with van der Waals surface area (Å²) in [7, 11) is 2.40. The van der Waals surface area contributed by atoms with Gasteiger partial charge in [-0.3, -0.25) is 19.7 Å². The lowest BCUT2D eigenvalue weighted by Gasteiger charge is -2.23. The van der Waals surface area contributed by atoms with Crippen molar-refractivity contribution in [3.05, 3.63) is 27.8 Å². The third-order valence-electron chi connectivity index (χ3n) is 4.73. The van der Waals surface area contributed by atoms with Gasteiger partial charge in [0.05, 0.1) is 44.8 Å². The van der Waals surface area contributed by atoms with E-state index < -0.39 is 59.4 Å². The predicted octanol–water partition coefficient (Wildman–Crippen LogP) is 3.20. The van der Waals surface area contributed by atoms with Crippen LogP contribution in [-0.4, -0.2) is 61.0 Å². The van der Waals surface area contributed by atoms with E-state index in [1.807, 2.05) is 6.92 Å². The van der Waals surface area contributed by atoms with E-state index in [9.17, 15) is 28.5 Å². The summed E-state index contributed by atoms with van der Waals surface area (Å²) in [5.41, 5.74) is -1.02. The van der Waals surface area contributed by atoms with E-state index in [0.29, 0.717) is 6.42 Å². The van der Waals surface area contributed by atoms with Crippen molar-refractivity contribution in [2.24, 2.45) is 0 Å². The van der Waals surface area contributed by atoms with E-state index in [1.165, 1.54) is 7.11 Å². The number of rotatable bonds is 9. The van der Waals surface area contributed by atoms with Crippen LogP contribution in [0.15, 0.2) is 12.1 Å². The van der Waals surface area contributed by atoms with E-state index in [-0.39, 0.29) is 18.1 Å². The number of nitrogens with zero attached hydrogens (tertiary/aromatic N) is 2. The molecule has 2 rings (SSSR count). The van der Waals surface area contributed by atoms with Gasteiger partial charge in [-0.05, 0) is 6.42 Å². The molecular weight excluding hydrogens is 406 g/mol. The first-order valence-electron chi connectivity index (χ1n) is 9.38. The molecule has 0 bridgehead atoms. The molecule has 0 aliphatic carbocycles. The van der Waals surface area contributed by atoms with Crippen LogP contribution in [0.2, 0.25) is 0 Å². The number of nitro benzene ring substituents is 1. The molecule has 1 aliphatic rings. The van der Waals surface area contributed by atoms with Crippen LogP contribution in [0.3, 0.4) is 0 Å². The normalized spacial score (nSPS) is 17.5. The van der Waals surface area contributed by atoms with Crippen LogP contribution in [0, 0.1) is 10.1 Å². The van der Waals surface area contributed by atoms with Gasteiger partial charge in [0.25, 0.3) is 17.5 Å². The summed E-state index contributed by atoms with van der Waals surface area (Å²) in [6.45, 7) is 1.28. The standard InChI is InChI=1S/C19H24F2N2O7/c1-4-5-6-30-16-9-14(23(26)27)13(8-15(16)28-2)18(25)22-11-19(20,21)10-12(22)7-17(24)29-3/h8-9,12H,4-7,10-11H2,1-3H3/t12-/m1/s1. The van der Waals surface area contributed by atoms with Crippen molar-refractivity contribution >= 4 is 17.6 Å². The zero-order valence-electron chi connectivity index (χ0n) is 17.0. The molecule has 30 heavy (non-hydrogen) atoms. The highest BCUT2D eigenvalue weighted by atomic mass is 19.3. The van der Waals surface area contributed by atoms with Gasteiger partial charge in [0, 0.05) is 18.5 Å². The first kappa shape index (κ1) is 23.3. The molecule has 11 heteroatoms. The van der Waals surface area contributed by atoms with Crippen LogP contribution in [0.1, 0.15) is 43.0 Å². The van der Waals surface area contributed by atoms with Crippen molar-refractivity contribution in [2.45, 2.75) is 44.6 Å². The molecule has 1 aromatic rings. The summed E-state index contributed by atoms with van der Waals surface area (Å²) in [5.74, 6) is -4.84. The van der Waals surface area contributed by atoms with Crippen molar-refractivity contribution in [1.82, 2.24) is 4.90 Å². The van der Waals surface area contributed by atoms with Gasteiger partial charge in [-0.1, -0.05) is 13.3 Å². The molecular formula is C19H24F2N2O7. The van der Waals surface area contributed by atoms with E-state index in [4.69, 9.17) is 9.47 Å². The van der Waals surface area contributed by atoms with Gasteiger partial charge in [0.1, 0.15) is 5.56 Å². The Hall–Kier alpha value is -2.98. The first-order chi connectivity index (χ1) is 14.1. The number of benzene rings is 1. The molecule has 0 radical (unpaired) electrons. The number of unbranched alkanes of at least 4 members (excludes halogenated alkanes) is 1. The predicted molar refractivity (Wildman–Crippen MR) is 101 cm³/mol. The molecule has 1 fully saturated rings. The van der Waals surface area contributed by atoms with Crippen molar-refractivity contribution in [1.29, 1.82) is 0 Å². The lowest BCUT2D eigenvalue weighted by Crippen LogP contribution is -2.38. The molecule has 0 unspecified atom stereocenters. The Morgan fingerprint density at radius 2 is 2.00 bits per heavy atom. The van der Waals surface area contributed by atoms with Crippen molar-refractivity contribution in [3.8, 4) is 11.5 Å². The highest BCUT2D eigenvalue weighted by molar-refractivity contribution is 5.99. The Balaban J connectivity index is 2.43. The lowest BCUT2D eigenvalue weighted by atomic mass is 10.1. The molecule has 1 heterocycles. The summed E-state index contributed by atoms with van der Waals surface area (Å²) in [4.78, 5) is 36.2. The molecule has 1 atom stereocenters. The molecule has 1 aliphatic heterocycles. The summed E-state index contributed by atoms with van der Waals surface area (Å²) in [6, 6.07) is 1.00. The Kier molecular flexibility index (Phi) is 7.52. The van der Waals surface area contributed by atoms with E-state index >= 15 is 0 Å². The van der Waals surface area contributed by atoms with Gasteiger partial charge in [-0.2, -0.15) is 0 Å². The van der Waals surface area contributed by atoms with Gasteiger partial charge in [0.2, 0.25) is 0 Å². The summed E-state index contributed by atoms with van der Waals surface area (Å²) in [6.07, 6.45) is 0.361. The summed E-state index contributed by atoms with van der Waals surface area (Å²) in [5, 5.41) is 11.6. The molecule has 166 valence electrons. The number of carbonyl (C=O) groups is 2. The average molecular weight is 430 g/mol. The first-order valence-corrected chi connectivity index (χ1v) is 9.38. The number of ether oxygens (including phenoxy) is 3. The van der Waals surface area contributed by atoms with Gasteiger partial charge < -0.3 is 19.1 Å². The summed E-state index contributed by atoms with van der Waals surface area (Å²) >= 11 is 0. The van der Waals surface area contributed by atoms with Crippen LogP contribution in [0.5, 0.6) is 11.5 Å². The molecule has 1 aromatic carbocycles. The maximum absolute atomic E-state index is 14.0. The monoisotopic (exact) mass is 430 g/mol. The van der Waals surface area contributed by atoms with E-state index in [0.717, 1.165) is 30.6 Å². The second-order valence-electron chi connectivity index (χ2n) is 6.91. The maximum atomic E-state index is 14.0. The van der Waals surface area contributed by atoms with Crippen LogP contribution in [0.25, 0.3) is 0 Å². The van der Waals surface area contributed by atoms with Gasteiger partial charge in [-0.25, -0.2) is 8.78 Å². The minimum Gasteiger partial charge on any atom is -0.493 e. The van der Waals surface area contributed by atoms with Crippen molar-refractivity contribution in [2.75, 3.05) is 27.4 Å². The smallest absolute Gasteiger partial charge is 0.307 e. The largest absolute Gasteiger partial charge is 0.493 e. The molecule has 0 N–H and O–H groups in total. The van der Waals surface area contributed by atoms with Crippen LogP contribution in [0.4, 0.5) is 14.5 Å². The quantitative estimate of drug-likeness (QED) is 0.256. The molecule has 0 spiro atoms. The molecule has 0 saturated carbocycles. The fourth-order valence-corrected chi connectivity index (χ4v) is 3.22. The number of esters is 1. The third kappa shape index (κ3) is 5.33. The topological polar surface area (TPSA) is 108 Å². The SMILES string of the molecule is CCCCOc1cc([N+](=O)[O-])c(C(=O)N2CC(F)(F)C[C@H]2CC(=O)OC)cc1OC. The Bertz CT molecular complexity index is 816. The van der Waals surface area contributed by atoms with Gasteiger partial charge >= 0.3 is 5.97 Å². The minimum atomic E-state index is -3.23. The van der Waals surface area contributed by atoms with Crippen LogP contribution < -0.4 is 9.47 Å². The Morgan fingerprint density at radius 3 is 2.57 bits per heavy atom. The van der Waals surface area contributed by atoms with Crippen LogP contribution >= 0.6 is 0 Å².